The van der Waals surface area contributed by atoms with E-state index in [1.165, 1.54) is 0 Å². The number of carbonyl (C=O) groups is 1. The first kappa shape index (κ1) is 18.9. The Kier molecular flexibility index (Phi) is 5.65. The van der Waals surface area contributed by atoms with Crippen LogP contribution in [0.4, 0.5) is 5.82 Å². The summed E-state index contributed by atoms with van der Waals surface area (Å²) < 4.78 is 5.69. The third kappa shape index (κ3) is 4.51. The van der Waals surface area contributed by atoms with E-state index >= 15 is 0 Å². The maximum absolute atomic E-state index is 12.5. The van der Waals surface area contributed by atoms with E-state index in [2.05, 4.69) is 20.1 Å². The largest absolute Gasteiger partial charge is 0.484 e. The van der Waals surface area contributed by atoms with Crippen LogP contribution in [0.5, 0.6) is 5.75 Å². The van der Waals surface area contributed by atoms with Crippen molar-refractivity contribution in [1.82, 2.24) is 20.1 Å². The van der Waals surface area contributed by atoms with Crippen molar-refractivity contribution in [3.63, 3.8) is 0 Å². The normalized spacial score (nSPS) is 14.0. The van der Waals surface area contributed by atoms with Gasteiger partial charge in [-0.25, -0.2) is 0 Å². The number of aromatic nitrogens is 3. The van der Waals surface area contributed by atoms with Gasteiger partial charge in [-0.1, -0.05) is 18.2 Å². The third-order valence-electron chi connectivity index (χ3n) is 5.01. The van der Waals surface area contributed by atoms with Gasteiger partial charge in [0, 0.05) is 44.1 Å². The molecule has 29 heavy (non-hydrogen) atoms. The molecule has 0 aliphatic carbocycles. The molecular weight excluding hydrogens is 366 g/mol. The molecule has 7 heteroatoms. The summed E-state index contributed by atoms with van der Waals surface area (Å²) in [6, 6.07) is 15.5. The van der Waals surface area contributed by atoms with Gasteiger partial charge >= 0.3 is 0 Å². The number of piperazine rings is 1. The van der Waals surface area contributed by atoms with E-state index in [0.717, 1.165) is 41.5 Å². The first-order chi connectivity index (χ1) is 14.2. The molecule has 148 valence electrons. The standard InChI is InChI=1S/C22H23N5O2/c1-17-5-2-3-7-20(17)29-16-22(28)27-13-11-26(12-14-27)21-9-8-19(24-25-21)18-6-4-10-23-15-18/h2-10,15H,11-14,16H2,1H3. The molecule has 1 aliphatic rings. The van der Waals surface area contributed by atoms with E-state index in [9.17, 15) is 4.79 Å². The lowest BCUT2D eigenvalue weighted by Crippen LogP contribution is -2.50. The molecule has 1 aromatic carbocycles. The van der Waals surface area contributed by atoms with Gasteiger partial charge in [0.1, 0.15) is 5.75 Å². The van der Waals surface area contributed by atoms with Crippen LogP contribution in [0.1, 0.15) is 5.56 Å². The second kappa shape index (κ2) is 8.68. The molecule has 3 aromatic rings. The number of rotatable bonds is 5. The molecule has 1 amide bonds. The molecule has 7 nitrogen and oxygen atoms in total. The minimum absolute atomic E-state index is 0.00547. The van der Waals surface area contributed by atoms with Gasteiger partial charge < -0.3 is 14.5 Å². The zero-order valence-corrected chi connectivity index (χ0v) is 16.4. The molecule has 0 bridgehead atoms. The van der Waals surface area contributed by atoms with Gasteiger partial charge in [0.2, 0.25) is 0 Å². The Hall–Kier alpha value is -3.48. The minimum atomic E-state index is 0.00547. The van der Waals surface area contributed by atoms with Crippen molar-refractivity contribution in [2.45, 2.75) is 6.92 Å². The SMILES string of the molecule is Cc1ccccc1OCC(=O)N1CCN(c2ccc(-c3cccnc3)nn2)CC1. The summed E-state index contributed by atoms with van der Waals surface area (Å²) in [5.41, 5.74) is 2.76. The predicted molar refractivity (Wildman–Crippen MR) is 111 cm³/mol. The van der Waals surface area contributed by atoms with Crippen LogP contribution < -0.4 is 9.64 Å². The Bertz CT molecular complexity index is 954. The first-order valence-electron chi connectivity index (χ1n) is 9.66. The van der Waals surface area contributed by atoms with Crippen molar-refractivity contribution in [2.24, 2.45) is 0 Å². The van der Waals surface area contributed by atoms with E-state index < -0.39 is 0 Å². The Morgan fingerprint density at radius 3 is 2.52 bits per heavy atom. The average Bonchev–Trinajstić information content (AvgIpc) is 2.79. The van der Waals surface area contributed by atoms with E-state index in [1.807, 2.05) is 60.4 Å². The predicted octanol–water partition coefficient (Wildman–Crippen LogP) is 2.57. The number of carbonyl (C=O) groups excluding carboxylic acids is 1. The Morgan fingerprint density at radius 2 is 1.83 bits per heavy atom. The second-order valence-corrected chi connectivity index (χ2v) is 6.94. The van der Waals surface area contributed by atoms with Gasteiger partial charge in [-0.15, -0.1) is 10.2 Å². The fourth-order valence-electron chi connectivity index (χ4n) is 3.30. The number of aryl methyl sites for hydroxylation is 1. The molecule has 1 aliphatic heterocycles. The van der Waals surface area contributed by atoms with Gasteiger partial charge in [0.25, 0.3) is 5.91 Å². The molecule has 1 fully saturated rings. The topological polar surface area (TPSA) is 71.5 Å². The van der Waals surface area contributed by atoms with E-state index in [1.54, 1.807) is 12.4 Å². The highest BCUT2D eigenvalue weighted by Crippen LogP contribution is 2.19. The Balaban J connectivity index is 1.30. The number of benzene rings is 1. The van der Waals surface area contributed by atoms with Gasteiger partial charge in [-0.3, -0.25) is 9.78 Å². The molecule has 0 N–H and O–H groups in total. The maximum Gasteiger partial charge on any atom is 0.260 e. The summed E-state index contributed by atoms with van der Waals surface area (Å²) in [7, 11) is 0. The monoisotopic (exact) mass is 389 g/mol. The molecule has 0 saturated carbocycles. The highest BCUT2D eigenvalue weighted by atomic mass is 16.5. The maximum atomic E-state index is 12.5. The van der Waals surface area contributed by atoms with Crippen LogP contribution in [0.2, 0.25) is 0 Å². The number of anilines is 1. The molecule has 0 spiro atoms. The van der Waals surface area contributed by atoms with Crippen molar-refractivity contribution < 1.29 is 9.53 Å². The quantitative estimate of drug-likeness (QED) is 0.668. The van der Waals surface area contributed by atoms with Crippen LogP contribution in [0.3, 0.4) is 0 Å². The molecule has 0 unspecified atom stereocenters. The lowest BCUT2D eigenvalue weighted by atomic mass is 10.2. The molecule has 0 atom stereocenters. The molecule has 1 saturated heterocycles. The zero-order valence-electron chi connectivity index (χ0n) is 16.4. The van der Waals surface area contributed by atoms with E-state index in [-0.39, 0.29) is 12.5 Å². The minimum Gasteiger partial charge on any atom is -0.484 e. The average molecular weight is 389 g/mol. The number of hydrogen-bond acceptors (Lipinski definition) is 6. The number of pyridine rings is 1. The summed E-state index contributed by atoms with van der Waals surface area (Å²) in [5.74, 6) is 1.58. The lowest BCUT2D eigenvalue weighted by molar-refractivity contribution is -0.133. The fraction of sp³-hybridized carbons (Fsp3) is 0.273. The zero-order chi connectivity index (χ0) is 20.1. The summed E-state index contributed by atoms with van der Waals surface area (Å²) >= 11 is 0. The van der Waals surface area contributed by atoms with Crippen LogP contribution >= 0.6 is 0 Å². The first-order valence-corrected chi connectivity index (χ1v) is 9.66. The van der Waals surface area contributed by atoms with Crippen molar-refractivity contribution >= 4 is 11.7 Å². The highest BCUT2D eigenvalue weighted by Gasteiger charge is 2.22. The van der Waals surface area contributed by atoms with Gasteiger partial charge in [-0.2, -0.15) is 0 Å². The van der Waals surface area contributed by atoms with E-state index in [4.69, 9.17) is 4.74 Å². The van der Waals surface area contributed by atoms with Crippen LogP contribution in [0.15, 0.2) is 60.9 Å². The third-order valence-corrected chi connectivity index (χ3v) is 5.01. The van der Waals surface area contributed by atoms with Crippen LogP contribution in [0.25, 0.3) is 11.3 Å². The molecular formula is C22H23N5O2. The van der Waals surface area contributed by atoms with Crippen LogP contribution in [0, 0.1) is 6.92 Å². The van der Waals surface area contributed by atoms with Gasteiger partial charge in [0.15, 0.2) is 12.4 Å². The van der Waals surface area contributed by atoms with Crippen molar-refractivity contribution in [1.29, 1.82) is 0 Å². The lowest BCUT2D eigenvalue weighted by Gasteiger charge is -2.35. The highest BCUT2D eigenvalue weighted by molar-refractivity contribution is 5.78. The van der Waals surface area contributed by atoms with Crippen LogP contribution in [-0.2, 0) is 4.79 Å². The number of nitrogens with zero attached hydrogens (tertiary/aromatic N) is 5. The molecule has 2 aromatic heterocycles. The van der Waals surface area contributed by atoms with Gasteiger partial charge in [0.05, 0.1) is 5.69 Å². The van der Waals surface area contributed by atoms with Crippen molar-refractivity contribution in [2.75, 3.05) is 37.7 Å². The van der Waals surface area contributed by atoms with Crippen molar-refractivity contribution in [3.8, 4) is 17.0 Å². The summed E-state index contributed by atoms with van der Waals surface area (Å²) in [6.45, 7) is 4.75. The number of ether oxygens (including phenoxy) is 1. The smallest absolute Gasteiger partial charge is 0.260 e. The number of hydrogen-bond donors (Lipinski definition) is 0. The van der Waals surface area contributed by atoms with Gasteiger partial charge in [-0.05, 0) is 42.8 Å². The molecule has 0 radical (unpaired) electrons. The Labute approximate surface area is 170 Å². The summed E-state index contributed by atoms with van der Waals surface area (Å²) in [6.07, 6.45) is 3.51. The second-order valence-electron chi connectivity index (χ2n) is 6.94. The fourth-order valence-corrected chi connectivity index (χ4v) is 3.30. The van der Waals surface area contributed by atoms with E-state index in [0.29, 0.717) is 13.1 Å². The summed E-state index contributed by atoms with van der Waals surface area (Å²) in [4.78, 5) is 20.6. The van der Waals surface area contributed by atoms with Crippen molar-refractivity contribution in [3.05, 3.63) is 66.5 Å². The molecule has 3 heterocycles. The number of amides is 1. The number of para-hydroxylation sites is 1. The Morgan fingerprint density at radius 1 is 1.00 bits per heavy atom. The molecule has 4 rings (SSSR count). The summed E-state index contributed by atoms with van der Waals surface area (Å²) in [5, 5.41) is 8.67. The van der Waals surface area contributed by atoms with Crippen LogP contribution in [-0.4, -0.2) is 58.8 Å².